The van der Waals surface area contributed by atoms with Gasteiger partial charge in [0.05, 0.1) is 6.10 Å². The molecule has 8 heteroatoms. The van der Waals surface area contributed by atoms with Gasteiger partial charge in [-0.2, -0.15) is 4.98 Å². The molecule has 2 aromatic heterocycles. The van der Waals surface area contributed by atoms with E-state index in [9.17, 15) is 4.79 Å². The van der Waals surface area contributed by atoms with Crippen LogP contribution in [0.3, 0.4) is 0 Å². The van der Waals surface area contributed by atoms with Gasteiger partial charge >= 0.3 is 0 Å². The first-order valence-electron chi connectivity index (χ1n) is 7.28. The first-order chi connectivity index (χ1) is 10.6. The van der Waals surface area contributed by atoms with E-state index in [4.69, 9.17) is 13.8 Å². The number of carbonyl (C=O) groups excluding carboxylic acids is 1. The third-order valence-electron chi connectivity index (χ3n) is 4.19. The summed E-state index contributed by atoms with van der Waals surface area (Å²) < 4.78 is 16.1. The van der Waals surface area contributed by atoms with E-state index in [0.29, 0.717) is 36.3 Å². The van der Waals surface area contributed by atoms with Gasteiger partial charge in [-0.3, -0.25) is 4.79 Å². The molecule has 2 aliphatic heterocycles. The lowest BCUT2D eigenvalue weighted by molar-refractivity contribution is 0.0198. The predicted molar refractivity (Wildman–Crippen MR) is 71.9 cm³/mol. The molecule has 0 aromatic carbocycles. The van der Waals surface area contributed by atoms with Gasteiger partial charge in [-0.05, 0) is 20.3 Å². The van der Waals surface area contributed by atoms with Gasteiger partial charge in [0.25, 0.3) is 11.8 Å². The molecule has 22 heavy (non-hydrogen) atoms. The Labute approximate surface area is 126 Å². The van der Waals surface area contributed by atoms with Crippen LogP contribution in [0.5, 0.6) is 0 Å². The summed E-state index contributed by atoms with van der Waals surface area (Å²) in [7, 11) is 0. The molecule has 0 unspecified atom stereocenters. The number of ether oxygens (including phenoxy) is 1. The first-order valence-corrected chi connectivity index (χ1v) is 7.28. The van der Waals surface area contributed by atoms with Gasteiger partial charge in [-0.15, -0.1) is 0 Å². The average molecular weight is 304 g/mol. The van der Waals surface area contributed by atoms with E-state index in [1.165, 1.54) is 0 Å². The Hall–Kier alpha value is -2.22. The fourth-order valence-electron chi connectivity index (χ4n) is 3.16. The van der Waals surface area contributed by atoms with Crippen LogP contribution in [-0.4, -0.2) is 45.3 Å². The van der Waals surface area contributed by atoms with Crippen LogP contribution < -0.4 is 0 Å². The number of likely N-dealkylation sites (tertiary alicyclic amines) is 1. The highest BCUT2D eigenvalue weighted by Gasteiger charge is 2.45. The summed E-state index contributed by atoms with van der Waals surface area (Å²) in [5.41, 5.74) is 0.349. The summed E-state index contributed by atoms with van der Waals surface area (Å²) in [6, 6.07) is 1.65. The Kier molecular flexibility index (Phi) is 3.00. The van der Waals surface area contributed by atoms with Gasteiger partial charge in [0.1, 0.15) is 11.9 Å². The quantitative estimate of drug-likeness (QED) is 0.824. The maximum absolute atomic E-state index is 12.4. The van der Waals surface area contributed by atoms with E-state index < -0.39 is 0 Å². The number of aryl methyl sites for hydroxylation is 2. The summed E-state index contributed by atoms with van der Waals surface area (Å²) >= 11 is 0. The Balaban J connectivity index is 1.42. The first kappa shape index (κ1) is 13.4. The van der Waals surface area contributed by atoms with Crippen molar-refractivity contribution in [2.45, 2.75) is 32.5 Å². The highest BCUT2D eigenvalue weighted by Crippen LogP contribution is 2.40. The van der Waals surface area contributed by atoms with Crippen LogP contribution in [0.15, 0.2) is 15.1 Å². The van der Waals surface area contributed by atoms with Crippen LogP contribution in [-0.2, 0) is 4.74 Å². The van der Waals surface area contributed by atoms with E-state index in [0.717, 1.165) is 6.42 Å². The Morgan fingerprint density at radius 3 is 2.77 bits per heavy atom. The van der Waals surface area contributed by atoms with Gasteiger partial charge < -0.3 is 18.7 Å². The van der Waals surface area contributed by atoms with Crippen LogP contribution >= 0.6 is 0 Å². The standard InChI is InChI=1S/C14H16N4O4/c1-7-3-10(17-21-7)14(19)18-5-9-4-11(20-12(9)6-18)13-15-8(2)16-22-13/h3,9,11-12H,4-6H2,1-2H3/t9-,11-,12+/m0/s1. The number of fused-ring (bicyclic) bond motifs is 1. The number of nitrogens with zero attached hydrogens (tertiary/aromatic N) is 4. The molecule has 0 saturated carbocycles. The van der Waals surface area contributed by atoms with E-state index in [2.05, 4.69) is 15.3 Å². The molecule has 2 aromatic rings. The molecule has 2 aliphatic rings. The maximum Gasteiger partial charge on any atom is 0.276 e. The third kappa shape index (κ3) is 2.19. The van der Waals surface area contributed by atoms with Crippen molar-refractivity contribution in [3.05, 3.63) is 29.2 Å². The van der Waals surface area contributed by atoms with Crippen LogP contribution in [0.4, 0.5) is 0 Å². The largest absolute Gasteiger partial charge is 0.363 e. The van der Waals surface area contributed by atoms with Gasteiger partial charge in [-0.1, -0.05) is 10.3 Å². The van der Waals surface area contributed by atoms with Crippen LogP contribution in [0.2, 0.25) is 0 Å². The molecule has 0 aliphatic carbocycles. The number of hydrogen-bond donors (Lipinski definition) is 0. The molecule has 0 N–H and O–H groups in total. The fourth-order valence-corrected chi connectivity index (χ4v) is 3.16. The summed E-state index contributed by atoms with van der Waals surface area (Å²) in [6.07, 6.45) is 0.630. The molecule has 0 radical (unpaired) electrons. The molecular weight excluding hydrogens is 288 g/mol. The minimum Gasteiger partial charge on any atom is -0.363 e. The number of aromatic nitrogens is 3. The van der Waals surface area contributed by atoms with Crippen molar-refractivity contribution in [3.63, 3.8) is 0 Å². The summed E-state index contributed by atoms with van der Waals surface area (Å²) in [4.78, 5) is 18.3. The van der Waals surface area contributed by atoms with Gasteiger partial charge in [0.15, 0.2) is 11.5 Å². The molecule has 2 fully saturated rings. The minimum absolute atomic E-state index is 0.00848. The monoisotopic (exact) mass is 304 g/mol. The second-order valence-corrected chi connectivity index (χ2v) is 5.87. The molecule has 0 bridgehead atoms. The molecule has 8 nitrogen and oxygen atoms in total. The zero-order valence-electron chi connectivity index (χ0n) is 12.4. The van der Waals surface area contributed by atoms with E-state index in [-0.39, 0.29) is 24.0 Å². The van der Waals surface area contributed by atoms with E-state index >= 15 is 0 Å². The second-order valence-electron chi connectivity index (χ2n) is 5.87. The average Bonchev–Trinajstić information content (AvgIpc) is 3.19. The lowest BCUT2D eigenvalue weighted by atomic mass is 10.0. The smallest absolute Gasteiger partial charge is 0.276 e. The molecule has 4 rings (SSSR count). The number of amides is 1. The molecule has 4 heterocycles. The number of rotatable bonds is 2. The zero-order valence-corrected chi connectivity index (χ0v) is 12.4. The zero-order chi connectivity index (χ0) is 15.3. The molecule has 116 valence electrons. The topological polar surface area (TPSA) is 94.5 Å². The van der Waals surface area contributed by atoms with Gasteiger partial charge in [-0.25, -0.2) is 0 Å². The van der Waals surface area contributed by atoms with Crippen molar-refractivity contribution in [2.24, 2.45) is 5.92 Å². The lowest BCUT2D eigenvalue weighted by Gasteiger charge is -2.16. The molecule has 1 amide bonds. The Morgan fingerprint density at radius 2 is 2.14 bits per heavy atom. The number of carbonyl (C=O) groups is 1. The SMILES string of the molecule is Cc1noc([C@@H]2C[C@H]3CN(C(=O)c4cc(C)on4)C[C@H]3O2)n1. The Bertz CT molecular complexity index is 695. The molecule has 0 spiro atoms. The fraction of sp³-hybridized carbons (Fsp3) is 0.571. The number of hydrogen-bond acceptors (Lipinski definition) is 7. The van der Waals surface area contributed by atoms with Crippen LogP contribution in [0.25, 0.3) is 0 Å². The van der Waals surface area contributed by atoms with Crippen molar-refractivity contribution < 1.29 is 18.6 Å². The van der Waals surface area contributed by atoms with E-state index in [1.54, 1.807) is 24.8 Å². The Morgan fingerprint density at radius 1 is 1.27 bits per heavy atom. The molecular formula is C14H16N4O4. The maximum atomic E-state index is 12.4. The van der Waals surface area contributed by atoms with Crippen LogP contribution in [0, 0.1) is 19.8 Å². The lowest BCUT2D eigenvalue weighted by Crippen LogP contribution is -2.31. The predicted octanol–water partition coefficient (Wildman–Crippen LogP) is 1.28. The van der Waals surface area contributed by atoms with Crippen molar-refractivity contribution in [2.75, 3.05) is 13.1 Å². The second kappa shape index (κ2) is 4.91. The van der Waals surface area contributed by atoms with Crippen molar-refractivity contribution >= 4 is 5.91 Å². The van der Waals surface area contributed by atoms with Gasteiger partial charge in [0.2, 0.25) is 0 Å². The van der Waals surface area contributed by atoms with Crippen molar-refractivity contribution in [3.8, 4) is 0 Å². The highest BCUT2D eigenvalue weighted by molar-refractivity contribution is 5.92. The molecule has 3 atom stereocenters. The highest BCUT2D eigenvalue weighted by atomic mass is 16.5. The van der Waals surface area contributed by atoms with E-state index in [1.807, 2.05) is 0 Å². The van der Waals surface area contributed by atoms with Crippen molar-refractivity contribution in [1.82, 2.24) is 20.2 Å². The third-order valence-corrected chi connectivity index (χ3v) is 4.19. The summed E-state index contributed by atoms with van der Waals surface area (Å²) in [5, 5.41) is 7.57. The minimum atomic E-state index is -0.164. The normalized spacial score (nSPS) is 27.4. The summed E-state index contributed by atoms with van der Waals surface area (Å²) in [5.74, 6) is 1.94. The van der Waals surface area contributed by atoms with Gasteiger partial charge in [0, 0.05) is 25.1 Å². The van der Waals surface area contributed by atoms with Crippen molar-refractivity contribution in [1.29, 1.82) is 0 Å². The van der Waals surface area contributed by atoms with Crippen LogP contribution in [0.1, 0.15) is 40.5 Å². The molecule has 2 saturated heterocycles. The summed E-state index contributed by atoms with van der Waals surface area (Å²) in [6.45, 7) is 4.75.